The lowest BCUT2D eigenvalue weighted by atomic mass is 10.1. The molecule has 1 rings (SSSR count). The fourth-order valence-electron chi connectivity index (χ4n) is 1.15. The fourth-order valence-corrected chi connectivity index (χ4v) is 1.15. The lowest BCUT2D eigenvalue weighted by molar-refractivity contribution is 1.14. The zero-order valence-electron chi connectivity index (χ0n) is 8.12. The average molecular weight is 174 g/mol. The van der Waals surface area contributed by atoms with E-state index in [1.807, 2.05) is 38.3 Å². The minimum atomic E-state index is 0.797. The Morgan fingerprint density at radius 1 is 1.46 bits per heavy atom. The third-order valence-corrected chi connectivity index (χ3v) is 1.87. The lowest BCUT2D eigenvalue weighted by Gasteiger charge is -2.02. The minimum Gasteiger partial charge on any atom is -0.293 e. The molecule has 2 nitrogen and oxygen atoms in total. The highest BCUT2D eigenvalue weighted by Gasteiger charge is 1.99. The summed E-state index contributed by atoms with van der Waals surface area (Å²) in [6.07, 6.45) is 1.86. The van der Waals surface area contributed by atoms with Gasteiger partial charge in [0.25, 0.3) is 0 Å². The van der Waals surface area contributed by atoms with Crippen LogP contribution in [0.2, 0.25) is 0 Å². The van der Waals surface area contributed by atoms with E-state index < -0.39 is 0 Å². The molecule has 0 aliphatic rings. The maximum atomic E-state index is 4.20. The Hall–Kier alpha value is -1.44. The van der Waals surface area contributed by atoms with Crippen LogP contribution >= 0.6 is 0 Å². The quantitative estimate of drug-likeness (QED) is 0.629. The summed E-state index contributed by atoms with van der Waals surface area (Å²) in [6, 6.07) is 5.96. The highest BCUT2D eigenvalue weighted by Crippen LogP contribution is 2.19. The molecule has 1 aromatic carbocycles. The normalized spacial score (nSPS) is 10.6. The van der Waals surface area contributed by atoms with Crippen LogP contribution in [0.15, 0.2) is 28.2 Å². The Morgan fingerprint density at radius 3 is 2.85 bits per heavy atom. The summed E-state index contributed by atoms with van der Waals surface area (Å²) in [5.74, 6) is 0. The van der Waals surface area contributed by atoms with Crippen LogP contribution in [0.5, 0.6) is 0 Å². The van der Waals surface area contributed by atoms with E-state index in [4.69, 9.17) is 0 Å². The van der Waals surface area contributed by atoms with Crippen LogP contribution in [0.25, 0.3) is 0 Å². The molecule has 0 atom stereocenters. The number of rotatable bonds is 3. The van der Waals surface area contributed by atoms with Crippen molar-refractivity contribution in [3.8, 4) is 0 Å². The van der Waals surface area contributed by atoms with Gasteiger partial charge in [0.05, 0.1) is 5.69 Å². The molecular formula is C11H14N2. The molecule has 68 valence electrons. The van der Waals surface area contributed by atoms with Gasteiger partial charge in [-0.05, 0) is 32.2 Å². The second-order valence-electron chi connectivity index (χ2n) is 2.79. The summed E-state index contributed by atoms with van der Waals surface area (Å²) >= 11 is 0. The Labute approximate surface area is 79.0 Å². The first-order valence-electron chi connectivity index (χ1n) is 4.35. The van der Waals surface area contributed by atoms with E-state index in [1.54, 1.807) is 0 Å². The third-order valence-electron chi connectivity index (χ3n) is 1.87. The van der Waals surface area contributed by atoms with Gasteiger partial charge >= 0.3 is 0 Å². The van der Waals surface area contributed by atoms with Crippen molar-refractivity contribution >= 4 is 18.6 Å². The zero-order chi connectivity index (χ0) is 9.68. The van der Waals surface area contributed by atoms with Gasteiger partial charge in [-0.3, -0.25) is 9.98 Å². The van der Waals surface area contributed by atoms with Gasteiger partial charge in [-0.15, -0.1) is 0 Å². The first-order valence-corrected chi connectivity index (χ1v) is 4.35. The monoisotopic (exact) mass is 174 g/mol. The number of benzene rings is 1. The van der Waals surface area contributed by atoms with E-state index in [1.165, 1.54) is 5.56 Å². The van der Waals surface area contributed by atoms with E-state index in [2.05, 4.69) is 16.7 Å². The van der Waals surface area contributed by atoms with Gasteiger partial charge in [0, 0.05) is 18.3 Å². The Kier molecular flexibility index (Phi) is 3.38. The Bertz CT molecular complexity index is 327. The average Bonchev–Trinajstić information content (AvgIpc) is 2.15. The van der Waals surface area contributed by atoms with Gasteiger partial charge in [0.15, 0.2) is 0 Å². The highest BCUT2D eigenvalue weighted by atomic mass is 14.7. The first-order chi connectivity index (χ1) is 6.29. The van der Waals surface area contributed by atoms with Crippen LogP contribution in [-0.2, 0) is 0 Å². The molecule has 0 saturated carbocycles. The summed E-state index contributed by atoms with van der Waals surface area (Å²) in [4.78, 5) is 8.14. The maximum absolute atomic E-state index is 4.20. The van der Waals surface area contributed by atoms with Crippen LogP contribution in [0, 0.1) is 6.92 Å². The second-order valence-corrected chi connectivity index (χ2v) is 2.79. The van der Waals surface area contributed by atoms with E-state index >= 15 is 0 Å². The molecule has 0 radical (unpaired) electrons. The van der Waals surface area contributed by atoms with Crippen molar-refractivity contribution in [2.45, 2.75) is 13.8 Å². The molecule has 0 aliphatic carbocycles. The van der Waals surface area contributed by atoms with Crippen molar-refractivity contribution in [2.75, 3.05) is 6.54 Å². The SMILES string of the molecule is C=Nc1cccc(C)c1C=NCC. The molecule has 0 saturated heterocycles. The van der Waals surface area contributed by atoms with Crippen molar-refractivity contribution in [2.24, 2.45) is 9.98 Å². The van der Waals surface area contributed by atoms with Gasteiger partial charge in [0.1, 0.15) is 0 Å². The van der Waals surface area contributed by atoms with Crippen molar-refractivity contribution in [3.05, 3.63) is 29.3 Å². The molecule has 0 spiro atoms. The van der Waals surface area contributed by atoms with Gasteiger partial charge in [0.2, 0.25) is 0 Å². The summed E-state index contributed by atoms with van der Waals surface area (Å²) in [5.41, 5.74) is 3.15. The molecule has 0 aromatic heterocycles. The molecule has 0 fully saturated rings. The molecular weight excluding hydrogens is 160 g/mol. The molecule has 2 heteroatoms. The van der Waals surface area contributed by atoms with Crippen LogP contribution in [0.3, 0.4) is 0 Å². The zero-order valence-corrected chi connectivity index (χ0v) is 8.12. The van der Waals surface area contributed by atoms with E-state index in [-0.39, 0.29) is 0 Å². The smallest absolute Gasteiger partial charge is 0.0712 e. The Morgan fingerprint density at radius 2 is 2.23 bits per heavy atom. The molecule has 0 unspecified atom stereocenters. The summed E-state index contributed by atoms with van der Waals surface area (Å²) < 4.78 is 0. The molecule has 0 amide bonds. The largest absolute Gasteiger partial charge is 0.293 e. The third kappa shape index (κ3) is 2.25. The number of hydrogen-bond acceptors (Lipinski definition) is 2. The predicted octanol–water partition coefficient (Wildman–Crippen LogP) is 2.77. The summed E-state index contributed by atoms with van der Waals surface area (Å²) in [7, 11) is 0. The predicted molar refractivity (Wildman–Crippen MR) is 58.5 cm³/mol. The van der Waals surface area contributed by atoms with Gasteiger partial charge in [-0.2, -0.15) is 0 Å². The first kappa shape index (κ1) is 9.65. The van der Waals surface area contributed by atoms with Crippen molar-refractivity contribution in [1.29, 1.82) is 0 Å². The highest BCUT2D eigenvalue weighted by molar-refractivity contribution is 5.88. The van der Waals surface area contributed by atoms with Crippen LogP contribution in [-0.4, -0.2) is 19.5 Å². The maximum Gasteiger partial charge on any atom is 0.0712 e. The summed E-state index contributed by atoms with van der Waals surface area (Å²) in [6.45, 7) is 8.38. The summed E-state index contributed by atoms with van der Waals surface area (Å²) in [5, 5.41) is 0. The van der Waals surface area contributed by atoms with E-state index in [0.29, 0.717) is 0 Å². The number of nitrogens with zero attached hydrogens (tertiary/aromatic N) is 2. The minimum absolute atomic E-state index is 0.797. The number of aliphatic imine (C=N–C) groups is 2. The Balaban J connectivity index is 3.14. The molecule has 0 bridgehead atoms. The number of aryl methyl sites for hydroxylation is 1. The van der Waals surface area contributed by atoms with Gasteiger partial charge in [-0.25, -0.2) is 0 Å². The van der Waals surface area contributed by atoms with Gasteiger partial charge in [-0.1, -0.05) is 12.1 Å². The molecule has 0 heterocycles. The lowest BCUT2D eigenvalue weighted by Crippen LogP contribution is -1.88. The standard InChI is InChI=1S/C11H14N2/c1-4-13-8-10-9(2)6-5-7-11(10)12-3/h5-8H,3-4H2,1-2H3. The molecule has 1 aromatic rings. The van der Waals surface area contributed by atoms with Crippen molar-refractivity contribution < 1.29 is 0 Å². The second kappa shape index (κ2) is 4.55. The van der Waals surface area contributed by atoms with Crippen molar-refractivity contribution in [3.63, 3.8) is 0 Å². The molecule has 13 heavy (non-hydrogen) atoms. The van der Waals surface area contributed by atoms with Crippen LogP contribution < -0.4 is 0 Å². The van der Waals surface area contributed by atoms with Crippen LogP contribution in [0.4, 0.5) is 5.69 Å². The molecule has 0 N–H and O–H groups in total. The topological polar surface area (TPSA) is 24.7 Å². The van der Waals surface area contributed by atoms with Crippen molar-refractivity contribution in [1.82, 2.24) is 0 Å². The van der Waals surface area contributed by atoms with Gasteiger partial charge < -0.3 is 0 Å². The fraction of sp³-hybridized carbons (Fsp3) is 0.273. The van der Waals surface area contributed by atoms with E-state index in [0.717, 1.165) is 17.8 Å². The van der Waals surface area contributed by atoms with E-state index in [9.17, 15) is 0 Å². The molecule has 0 aliphatic heterocycles. The number of hydrogen-bond donors (Lipinski definition) is 0. The van der Waals surface area contributed by atoms with Crippen LogP contribution in [0.1, 0.15) is 18.1 Å².